The smallest absolute Gasteiger partial charge is 0.345 e. The van der Waals surface area contributed by atoms with Crippen LogP contribution in [0, 0.1) is 5.21 Å². The van der Waals surface area contributed by atoms with Gasteiger partial charge >= 0.3 is 5.97 Å². The zero-order chi connectivity index (χ0) is 15.5. The summed E-state index contributed by atoms with van der Waals surface area (Å²) in [4.78, 5) is 21.8. The number of carbonyl (C=O) groups is 1. The molecule has 0 aliphatic carbocycles. The van der Waals surface area contributed by atoms with Gasteiger partial charge in [-0.15, -0.1) is 0 Å². The number of hydrogen-bond donors (Lipinski definition) is 0. The van der Waals surface area contributed by atoms with Crippen molar-refractivity contribution in [2.24, 2.45) is 5.11 Å². The van der Waals surface area contributed by atoms with E-state index in [0.29, 0.717) is 4.86 Å². The summed E-state index contributed by atoms with van der Waals surface area (Å²) in [5.74, 6) is -0.550. The first kappa shape index (κ1) is 17.8. The van der Waals surface area contributed by atoms with Crippen molar-refractivity contribution in [3.8, 4) is 0 Å². The molecule has 19 heavy (non-hydrogen) atoms. The van der Waals surface area contributed by atoms with E-state index in [0.717, 1.165) is 0 Å². The minimum absolute atomic E-state index is 0.0299. The lowest BCUT2D eigenvalue weighted by molar-refractivity contribution is -0.604. The van der Waals surface area contributed by atoms with E-state index in [1.54, 1.807) is 55.4 Å². The number of nitrogens with zero attached hydrogens (tertiary/aromatic N) is 2. The van der Waals surface area contributed by atoms with Crippen LogP contribution in [-0.4, -0.2) is 27.5 Å². The van der Waals surface area contributed by atoms with E-state index in [4.69, 9.17) is 9.78 Å². The monoisotopic (exact) mass is 274 g/mol. The number of hydroxylamine groups is 1. The normalized spacial score (nSPS) is 14.4. The molecule has 0 heterocycles. The van der Waals surface area contributed by atoms with E-state index in [1.807, 2.05) is 0 Å². The first-order valence-corrected chi connectivity index (χ1v) is 6.32. The molecule has 0 aliphatic rings. The average molecular weight is 274 g/mol. The molecule has 0 aromatic heterocycles. The van der Waals surface area contributed by atoms with Crippen LogP contribution in [0.5, 0.6) is 0 Å². The van der Waals surface area contributed by atoms with E-state index in [2.05, 4.69) is 5.11 Å². The maximum absolute atomic E-state index is 11.7. The van der Waals surface area contributed by atoms with E-state index < -0.39 is 22.6 Å². The van der Waals surface area contributed by atoms with Gasteiger partial charge in [0.05, 0.1) is 6.42 Å². The van der Waals surface area contributed by atoms with E-state index in [1.165, 1.54) is 0 Å². The molecule has 0 fully saturated rings. The predicted molar refractivity (Wildman–Crippen MR) is 71.4 cm³/mol. The van der Waals surface area contributed by atoms with Crippen LogP contribution in [0.4, 0.5) is 0 Å². The molecule has 0 spiro atoms. The van der Waals surface area contributed by atoms with E-state index >= 15 is 0 Å². The van der Waals surface area contributed by atoms with Gasteiger partial charge in [-0.1, -0.05) is 4.86 Å². The van der Waals surface area contributed by atoms with Crippen molar-refractivity contribution in [1.82, 2.24) is 0 Å². The van der Waals surface area contributed by atoms with Crippen LogP contribution in [0.25, 0.3) is 0 Å². The highest BCUT2D eigenvalue weighted by atomic mass is 17.2. The summed E-state index contributed by atoms with van der Waals surface area (Å²) in [6.07, 6.45) is -0.0299. The Morgan fingerprint density at radius 2 is 1.58 bits per heavy atom. The molecule has 0 unspecified atom stereocenters. The Balaban J connectivity index is 4.58. The van der Waals surface area contributed by atoms with Gasteiger partial charge in [-0.25, -0.2) is 4.79 Å². The Morgan fingerprint density at radius 1 is 1.11 bits per heavy atom. The van der Waals surface area contributed by atoms with Crippen LogP contribution in [0.3, 0.4) is 0 Å². The quantitative estimate of drug-likeness (QED) is 0.341. The van der Waals surface area contributed by atoms with E-state index in [9.17, 15) is 10.0 Å². The van der Waals surface area contributed by atoms with Gasteiger partial charge in [0.15, 0.2) is 5.54 Å². The zero-order valence-corrected chi connectivity index (χ0v) is 13.2. The number of carbonyl (C=O) groups excluding carboxylic acids is 1. The number of hydrogen-bond acceptors (Lipinski definition) is 5. The molecule has 0 aromatic rings. The number of azo groups is 1. The van der Waals surface area contributed by atoms with Gasteiger partial charge in [-0.3, -0.25) is 4.89 Å². The largest absolute Gasteiger partial charge is 0.600 e. The maximum atomic E-state index is 11.7. The molecule has 0 aliphatic heterocycles. The van der Waals surface area contributed by atoms with Gasteiger partial charge in [0.25, 0.3) is 0 Å². The highest BCUT2D eigenvalue weighted by molar-refractivity contribution is 5.70. The summed E-state index contributed by atoms with van der Waals surface area (Å²) in [7, 11) is 0. The fourth-order valence-electron chi connectivity index (χ4n) is 0.985. The van der Waals surface area contributed by atoms with Crippen LogP contribution in [0.2, 0.25) is 0 Å². The van der Waals surface area contributed by atoms with Crippen molar-refractivity contribution >= 4 is 5.97 Å². The van der Waals surface area contributed by atoms with Crippen LogP contribution in [0.15, 0.2) is 5.11 Å². The summed E-state index contributed by atoms with van der Waals surface area (Å²) in [6, 6.07) is 0. The Morgan fingerprint density at radius 3 is 1.95 bits per heavy atom. The minimum atomic E-state index is -0.840. The molecule has 0 amide bonds. The van der Waals surface area contributed by atoms with Crippen molar-refractivity contribution in [2.45, 2.75) is 78.5 Å². The molecule has 6 nitrogen and oxygen atoms in total. The molecule has 0 saturated carbocycles. The third kappa shape index (κ3) is 8.53. The molecular weight excluding hydrogens is 248 g/mol. The van der Waals surface area contributed by atoms with Crippen molar-refractivity contribution < 1.29 is 19.4 Å². The van der Waals surface area contributed by atoms with Crippen LogP contribution in [0.1, 0.15) is 61.8 Å². The van der Waals surface area contributed by atoms with Gasteiger partial charge < -0.3 is 5.21 Å². The molecule has 0 radical (unpaired) electrons. The van der Waals surface area contributed by atoms with Crippen LogP contribution < -0.4 is 0 Å². The standard InChI is InChI=1S/C13H26N2O4/c1-11(2,3)15(17)14-13(7,8)9-10(16)18-19-12(4,5)6/h9H2,1-8H3. The van der Waals surface area contributed by atoms with Crippen molar-refractivity contribution in [2.75, 3.05) is 0 Å². The lowest BCUT2D eigenvalue weighted by Gasteiger charge is -2.22. The summed E-state index contributed by atoms with van der Waals surface area (Å²) in [5.41, 5.74) is -2.04. The van der Waals surface area contributed by atoms with E-state index in [-0.39, 0.29) is 6.42 Å². The van der Waals surface area contributed by atoms with Gasteiger partial charge in [0.2, 0.25) is 0 Å². The van der Waals surface area contributed by atoms with Gasteiger partial charge in [-0.2, -0.15) is 4.89 Å². The average Bonchev–Trinajstić information content (AvgIpc) is 2.10. The second kappa shape index (κ2) is 5.86. The van der Waals surface area contributed by atoms with Gasteiger partial charge in [0.1, 0.15) is 11.1 Å². The second-order valence-electron chi connectivity index (χ2n) is 7.18. The Bertz CT molecular complexity index is 349. The summed E-state index contributed by atoms with van der Waals surface area (Å²) in [5, 5.41) is 15.7. The molecule has 0 saturated heterocycles. The Labute approximate surface area is 115 Å². The lowest BCUT2D eigenvalue weighted by Crippen LogP contribution is -2.33. The molecule has 0 atom stereocenters. The molecule has 0 bridgehead atoms. The Hall–Kier alpha value is -1.17. The van der Waals surface area contributed by atoms with Crippen molar-refractivity contribution in [3.63, 3.8) is 0 Å². The molecule has 6 heteroatoms. The first-order valence-electron chi connectivity index (χ1n) is 6.32. The topological polar surface area (TPSA) is 74.0 Å². The summed E-state index contributed by atoms with van der Waals surface area (Å²) >= 11 is 0. The molecule has 112 valence electrons. The fourth-order valence-corrected chi connectivity index (χ4v) is 0.985. The lowest BCUT2D eigenvalue weighted by atomic mass is 10.0. The van der Waals surface area contributed by atoms with Crippen LogP contribution >= 0.6 is 0 Å². The predicted octanol–water partition coefficient (Wildman–Crippen LogP) is 3.19. The fraction of sp³-hybridized carbons (Fsp3) is 0.923. The highest BCUT2D eigenvalue weighted by Gasteiger charge is 2.31. The minimum Gasteiger partial charge on any atom is -0.600 e. The summed E-state index contributed by atoms with van der Waals surface area (Å²) in [6.45, 7) is 14.0. The highest BCUT2D eigenvalue weighted by Crippen LogP contribution is 2.19. The van der Waals surface area contributed by atoms with Gasteiger partial charge in [0, 0.05) is 20.8 Å². The third-order valence-electron chi connectivity index (χ3n) is 1.90. The molecule has 0 rings (SSSR count). The number of rotatable bonds is 4. The zero-order valence-electron chi connectivity index (χ0n) is 13.2. The first-order chi connectivity index (χ1) is 8.23. The third-order valence-corrected chi connectivity index (χ3v) is 1.90. The van der Waals surface area contributed by atoms with Gasteiger partial charge in [-0.05, 0) is 39.7 Å². The Kier molecular flexibility index (Phi) is 5.50. The molecule has 0 N–H and O–H groups in total. The van der Waals surface area contributed by atoms with Crippen LogP contribution in [-0.2, 0) is 14.6 Å². The SMILES string of the molecule is CC(C)(CC(=O)OOC(C)(C)C)N=[N+]([O-])C(C)(C)C. The maximum Gasteiger partial charge on any atom is 0.345 e. The molecule has 0 aromatic carbocycles. The van der Waals surface area contributed by atoms with Crippen molar-refractivity contribution in [3.05, 3.63) is 5.21 Å². The second-order valence-corrected chi connectivity index (χ2v) is 7.18. The summed E-state index contributed by atoms with van der Waals surface area (Å²) < 4.78 is 0. The molecular formula is C13H26N2O4. The van der Waals surface area contributed by atoms with Crippen molar-refractivity contribution in [1.29, 1.82) is 0 Å².